The van der Waals surface area contributed by atoms with Gasteiger partial charge in [0.15, 0.2) is 0 Å². The first-order valence-corrected chi connectivity index (χ1v) is 47.1. The van der Waals surface area contributed by atoms with Crippen molar-refractivity contribution in [2.75, 3.05) is 0 Å². The summed E-state index contributed by atoms with van der Waals surface area (Å²) >= 11 is 0. The number of fused-ring (bicyclic) bond motifs is 16. The first-order valence-electron chi connectivity index (χ1n) is 47.1. The quantitative estimate of drug-likeness (QED) is 0.157. The van der Waals surface area contributed by atoms with Crippen LogP contribution in [0.25, 0.3) is 28.4 Å². The van der Waals surface area contributed by atoms with E-state index in [1.54, 1.807) is 123 Å². The lowest BCUT2D eigenvalue weighted by Gasteiger charge is -2.46. The Kier molecular flexibility index (Phi) is 17.4. The van der Waals surface area contributed by atoms with E-state index >= 15 is 0 Å². The van der Waals surface area contributed by atoms with Gasteiger partial charge in [-0.15, -0.1) is 0 Å². The van der Waals surface area contributed by atoms with Crippen LogP contribution in [0.1, 0.15) is 230 Å². The molecule has 0 fully saturated rings. The van der Waals surface area contributed by atoms with Gasteiger partial charge in [0.05, 0.1) is 0 Å². The molecule has 0 saturated carbocycles. The van der Waals surface area contributed by atoms with Gasteiger partial charge in [-0.2, -0.15) is 0 Å². The lowest BCUT2D eigenvalue weighted by atomic mass is 9.57. The van der Waals surface area contributed by atoms with Crippen molar-refractivity contribution in [3.05, 3.63) is 403 Å². The summed E-state index contributed by atoms with van der Waals surface area (Å²) in [6.45, 7) is 30.3. The van der Waals surface area contributed by atoms with Crippen LogP contribution in [0.2, 0.25) is 0 Å². The van der Waals surface area contributed by atoms with Crippen molar-refractivity contribution in [2.45, 2.75) is 214 Å². The minimum absolute atomic E-state index is 0.0108. The third kappa shape index (κ3) is 11.7. The van der Waals surface area contributed by atoms with E-state index in [1.165, 1.54) is 78.9 Å². The van der Waals surface area contributed by atoms with Crippen LogP contribution in [0.4, 0.5) is 0 Å². The molecule has 0 aromatic heterocycles. The van der Waals surface area contributed by atoms with Crippen molar-refractivity contribution < 1.29 is 0 Å². The van der Waals surface area contributed by atoms with Crippen molar-refractivity contribution >= 4 is 28.4 Å². The highest BCUT2D eigenvalue weighted by Crippen LogP contribution is 2.64. The topological polar surface area (TPSA) is 0 Å². The number of hydrogen-bond donors (Lipinski definition) is 0. The van der Waals surface area contributed by atoms with E-state index in [-0.39, 0.29) is 27.1 Å². The van der Waals surface area contributed by atoms with Gasteiger partial charge in [0.2, 0.25) is 0 Å². The molecule has 602 valence electrons. The second kappa shape index (κ2) is 27.7. The van der Waals surface area contributed by atoms with E-state index in [0.717, 1.165) is 96.3 Å². The molecule has 12 unspecified atom stereocenters. The summed E-state index contributed by atoms with van der Waals surface area (Å²) in [6.07, 6.45) is 86.5. The predicted octanol–water partition coefficient (Wildman–Crippen LogP) is 28.6. The summed E-state index contributed by atoms with van der Waals surface area (Å²) in [6, 6.07) is 34.1. The fourth-order valence-electron chi connectivity index (χ4n) is 27.5. The van der Waals surface area contributed by atoms with Gasteiger partial charge in [-0.05, 0) is 333 Å². The maximum atomic E-state index is 2.87. The average Bonchev–Trinajstić information content (AvgIpc) is 1.49. The largest absolute Gasteiger partial charge is 0.0839 e. The second-order valence-electron chi connectivity index (χ2n) is 43.2. The molecule has 19 aliphatic carbocycles. The molecule has 0 N–H and O–H groups in total. The number of rotatable bonds is 9. The van der Waals surface area contributed by atoms with Crippen molar-refractivity contribution in [3.8, 4) is 0 Å². The lowest BCUT2D eigenvalue weighted by Crippen LogP contribution is -2.36. The Morgan fingerprint density at radius 3 is 1.65 bits per heavy atom. The van der Waals surface area contributed by atoms with Crippen LogP contribution in [-0.2, 0) is 28.1 Å². The Hall–Kier alpha value is -9.62. The van der Waals surface area contributed by atoms with Crippen molar-refractivity contribution in [1.82, 2.24) is 0 Å². The van der Waals surface area contributed by atoms with E-state index in [2.05, 4.69) is 326 Å². The molecule has 12 atom stereocenters. The van der Waals surface area contributed by atoms with Gasteiger partial charge in [0, 0.05) is 51.8 Å². The Morgan fingerprint density at radius 1 is 0.433 bits per heavy atom. The molecule has 0 saturated heterocycles. The highest BCUT2D eigenvalue weighted by atomic mass is 14.6. The fourth-order valence-corrected chi connectivity index (χ4v) is 27.5. The van der Waals surface area contributed by atoms with Gasteiger partial charge in [-0.3, -0.25) is 0 Å². The molecule has 0 aliphatic heterocycles. The first-order chi connectivity index (χ1) is 58.0. The van der Waals surface area contributed by atoms with E-state index in [4.69, 9.17) is 0 Å². The Bertz CT molecular complexity index is 6260. The van der Waals surface area contributed by atoms with E-state index in [1.807, 2.05) is 0 Å². The van der Waals surface area contributed by atoms with Crippen molar-refractivity contribution in [1.29, 1.82) is 0 Å². The van der Waals surface area contributed by atoms with Gasteiger partial charge in [-0.1, -0.05) is 337 Å². The number of allylic oxidation sites excluding steroid dienone is 48. The zero-order valence-corrected chi connectivity index (χ0v) is 73.5. The van der Waals surface area contributed by atoms with Crippen LogP contribution in [-0.4, -0.2) is 0 Å². The molecule has 0 nitrogen and oxygen atoms in total. The third-order valence-corrected chi connectivity index (χ3v) is 34.2. The second-order valence-corrected chi connectivity index (χ2v) is 43.2. The van der Waals surface area contributed by atoms with Crippen LogP contribution in [0.15, 0.2) is 348 Å². The highest BCUT2D eigenvalue weighted by Gasteiger charge is 2.51. The molecule has 4 aromatic rings. The van der Waals surface area contributed by atoms with Gasteiger partial charge in [-0.25, -0.2) is 0 Å². The summed E-state index contributed by atoms with van der Waals surface area (Å²) in [7, 11) is 0. The van der Waals surface area contributed by atoms with Gasteiger partial charge in [0.25, 0.3) is 0 Å². The molecule has 23 rings (SSSR count). The normalized spacial score (nSPS) is 30.7. The van der Waals surface area contributed by atoms with Crippen molar-refractivity contribution in [2.24, 2.45) is 76.4 Å². The first kappa shape index (κ1) is 75.4. The fraction of sp³-hybridized carbons (Fsp3) is 0.383. The maximum Gasteiger partial charge on any atom is 0.0156 e. The summed E-state index contributed by atoms with van der Waals surface area (Å²) in [4.78, 5) is 0. The molecule has 19 aliphatic rings. The maximum absolute atomic E-state index is 2.87. The molecule has 4 aromatic carbocycles. The zero-order valence-electron chi connectivity index (χ0n) is 73.5. The summed E-state index contributed by atoms with van der Waals surface area (Å²) < 4.78 is 0. The van der Waals surface area contributed by atoms with Crippen LogP contribution < -0.4 is 10.4 Å². The molecule has 0 amide bonds. The zero-order chi connectivity index (χ0) is 81.4. The van der Waals surface area contributed by atoms with Crippen LogP contribution in [0.5, 0.6) is 0 Å². The predicted molar refractivity (Wildman–Crippen MR) is 504 cm³/mol. The number of hydrogen-bond acceptors (Lipinski definition) is 0. The van der Waals surface area contributed by atoms with Crippen LogP contribution >= 0.6 is 0 Å². The molecular weight excluding hydrogens is 1440 g/mol. The Labute approximate surface area is 717 Å². The molecule has 0 radical (unpaired) electrons. The standard InChI is InChI=1S/C120H122/c1-70-37-39-74-27-17-18-30-85(74)114(70)82-47-50-91-99(81-45-51-93-92-35-23-24-36-108(92)118(7,8)110(93)60-81)66-104-89-34-22-20-32-87(89)98(68-106(104)102(91)59-82)80-46-52-94-107-55-71(38-54-109(107)119(9,10)111(94)61-80)69-117(5,6)83-48-53-95-112(63-83)120(11,12)113-64-84(116(2,3)4)62-100(115(95)113)79-44-49-90-97(78-43-41-73-26-14-16-29-76(73)57-78)65-103-88-33-21-19-31-86(88)96(67-105(103)101(90)58-79)77-42-40-72-25-13-15-28-75(72)56-77/h15-24,27-32,35-36,38-43,45-46,48,51-55,58-59,63-68,70,77-78,80-81,84,88-89,103-106H,13-14,25-26,33-34,37,44,47,49-50,56-57,60-62,69H2,1-12H3. The Balaban J connectivity index is 0.566. The van der Waals surface area contributed by atoms with Gasteiger partial charge in [0.1, 0.15) is 0 Å². The summed E-state index contributed by atoms with van der Waals surface area (Å²) in [5, 5.41) is 2.87. The van der Waals surface area contributed by atoms with E-state index in [9.17, 15) is 0 Å². The van der Waals surface area contributed by atoms with E-state index in [0.29, 0.717) is 71.0 Å². The summed E-state index contributed by atoms with van der Waals surface area (Å²) in [5.74, 6) is 4.76. The van der Waals surface area contributed by atoms with Gasteiger partial charge < -0.3 is 0 Å². The molecule has 0 bridgehead atoms. The third-order valence-electron chi connectivity index (χ3n) is 34.2. The smallest absolute Gasteiger partial charge is 0.0156 e. The summed E-state index contributed by atoms with van der Waals surface area (Å²) in [5.41, 5.74) is 49.8. The Morgan fingerprint density at radius 2 is 1.00 bits per heavy atom. The molecule has 0 heterocycles. The molecule has 0 spiro atoms. The van der Waals surface area contributed by atoms with Crippen LogP contribution in [0.3, 0.4) is 0 Å². The molecule has 120 heavy (non-hydrogen) atoms. The van der Waals surface area contributed by atoms with E-state index < -0.39 is 0 Å². The van der Waals surface area contributed by atoms with Gasteiger partial charge >= 0.3 is 0 Å². The number of benzene rings is 4. The van der Waals surface area contributed by atoms with Crippen molar-refractivity contribution in [3.63, 3.8) is 0 Å². The average molecular weight is 1560 g/mol. The molecule has 0 heteroatoms. The van der Waals surface area contributed by atoms with Crippen LogP contribution in [0, 0.1) is 76.4 Å². The molecular formula is C120H122. The monoisotopic (exact) mass is 1560 g/mol. The minimum atomic E-state index is -0.155. The minimum Gasteiger partial charge on any atom is -0.0839 e. The lowest BCUT2D eigenvalue weighted by molar-refractivity contribution is 0.287. The highest BCUT2D eigenvalue weighted by molar-refractivity contribution is 5.95. The SMILES string of the molecule is CC1CC=c2ccccc2=C1C1=CC2=C(CC1)C(C1C=CC3=C(C1)C(C)(C)c1ccccc13)=CC1C2C=C(C2C=CC3=C(C2)C(C)(C)c2ccc(CC(C)(C)c4ccc5c(c4)C(C)(C)C4=CC(C(C)(C)C)CC(C6=CC7=C(CC6)C(C6C=CC8=C(C=CCC8)C6)=CC6C7C=C(C7C=CC8=C(C=CCC8)C7)C7=CC=CCC76)=C45)cc23)C2=CC=CCC21.